The zero-order valence-corrected chi connectivity index (χ0v) is 12.3. The molecule has 0 fully saturated rings. The van der Waals surface area contributed by atoms with Crippen molar-refractivity contribution in [3.63, 3.8) is 0 Å². The normalized spacial score (nSPS) is 10.9. The van der Waals surface area contributed by atoms with Gasteiger partial charge < -0.3 is 5.73 Å². The van der Waals surface area contributed by atoms with Crippen LogP contribution in [0.1, 0.15) is 11.1 Å². The molecular weight excluding hydrogens is 307 g/mol. The van der Waals surface area contributed by atoms with Gasteiger partial charge in [-0.3, -0.25) is 4.90 Å². The number of nitrogen functional groups attached to an aromatic ring is 1. The quantitative estimate of drug-likeness (QED) is 0.867. The number of hydrogen-bond donors (Lipinski definition) is 1. The predicted molar refractivity (Wildman–Crippen MR) is 80.1 cm³/mol. The van der Waals surface area contributed by atoms with Gasteiger partial charge in [0.15, 0.2) is 0 Å². The third-order valence-corrected chi connectivity index (χ3v) is 3.48. The van der Waals surface area contributed by atoms with E-state index in [9.17, 15) is 4.39 Å². The van der Waals surface area contributed by atoms with Gasteiger partial charge in [0.2, 0.25) is 0 Å². The van der Waals surface area contributed by atoms with Gasteiger partial charge in [-0.2, -0.15) is 0 Å². The molecule has 0 spiro atoms. The van der Waals surface area contributed by atoms with E-state index in [-0.39, 0.29) is 5.82 Å². The van der Waals surface area contributed by atoms with Crippen molar-refractivity contribution in [2.45, 2.75) is 13.1 Å². The molecule has 100 valence electrons. The summed E-state index contributed by atoms with van der Waals surface area (Å²) >= 11 is 3.40. The molecule has 0 bridgehead atoms. The van der Waals surface area contributed by atoms with E-state index in [4.69, 9.17) is 5.73 Å². The SMILES string of the molecule is CN(Cc1ccc(Br)cc1)Cc1c(N)cccc1F. The van der Waals surface area contributed by atoms with Crippen LogP contribution in [0.5, 0.6) is 0 Å². The minimum absolute atomic E-state index is 0.248. The Balaban J connectivity index is 2.05. The molecule has 0 aliphatic heterocycles. The van der Waals surface area contributed by atoms with Crippen molar-refractivity contribution in [3.05, 3.63) is 63.9 Å². The lowest BCUT2D eigenvalue weighted by atomic mass is 10.1. The van der Waals surface area contributed by atoms with Crippen LogP contribution in [0.3, 0.4) is 0 Å². The minimum atomic E-state index is -0.248. The maximum Gasteiger partial charge on any atom is 0.129 e. The van der Waals surface area contributed by atoms with Gasteiger partial charge in [0.1, 0.15) is 5.82 Å². The molecule has 0 radical (unpaired) electrons. The van der Waals surface area contributed by atoms with E-state index < -0.39 is 0 Å². The third-order valence-electron chi connectivity index (χ3n) is 2.95. The standard InChI is InChI=1S/C15H16BrFN2/c1-19(9-11-5-7-12(16)8-6-11)10-13-14(17)3-2-4-15(13)18/h2-8H,9-10,18H2,1H3. The number of anilines is 1. The van der Waals surface area contributed by atoms with E-state index in [2.05, 4.69) is 15.9 Å². The summed E-state index contributed by atoms with van der Waals surface area (Å²) in [5.74, 6) is -0.248. The summed E-state index contributed by atoms with van der Waals surface area (Å²) in [6.45, 7) is 1.25. The van der Waals surface area contributed by atoms with Crippen LogP contribution in [-0.2, 0) is 13.1 Å². The fourth-order valence-corrected chi connectivity index (χ4v) is 2.23. The van der Waals surface area contributed by atoms with Crippen molar-refractivity contribution in [2.24, 2.45) is 0 Å². The Bertz CT molecular complexity index is 534. The molecule has 0 saturated carbocycles. The van der Waals surface area contributed by atoms with Gasteiger partial charge in [-0.05, 0) is 36.9 Å². The lowest BCUT2D eigenvalue weighted by molar-refractivity contribution is 0.314. The summed E-state index contributed by atoms with van der Waals surface area (Å²) in [6, 6.07) is 12.9. The van der Waals surface area contributed by atoms with Gasteiger partial charge in [-0.25, -0.2) is 4.39 Å². The van der Waals surface area contributed by atoms with Crippen LogP contribution in [-0.4, -0.2) is 11.9 Å². The van der Waals surface area contributed by atoms with Crippen LogP contribution in [0.2, 0.25) is 0 Å². The summed E-state index contributed by atoms with van der Waals surface area (Å²) in [5, 5.41) is 0. The molecule has 0 aliphatic carbocycles. The summed E-state index contributed by atoms with van der Waals surface area (Å²) in [6.07, 6.45) is 0. The lowest BCUT2D eigenvalue weighted by Crippen LogP contribution is -2.19. The Kier molecular flexibility index (Phi) is 4.56. The van der Waals surface area contributed by atoms with Gasteiger partial charge in [-0.1, -0.05) is 34.1 Å². The van der Waals surface area contributed by atoms with E-state index in [1.807, 2.05) is 36.2 Å². The first kappa shape index (κ1) is 14.0. The van der Waals surface area contributed by atoms with Crippen molar-refractivity contribution in [3.8, 4) is 0 Å². The zero-order valence-electron chi connectivity index (χ0n) is 10.7. The second-order valence-corrected chi connectivity index (χ2v) is 5.52. The van der Waals surface area contributed by atoms with Gasteiger partial charge in [0.25, 0.3) is 0 Å². The largest absolute Gasteiger partial charge is 0.398 e. The first-order valence-corrected chi connectivity index (χ1v) is 6.81. The van der Waals surface area contributed by atoms with E-state index in [0.29, 0.717) is 17.8 Å². The highest BCUT2D eigenvalue weighted by atomic mass is 79.9. The second-order valence-electron chi connectivity index (χ2n) is 4.61. The van der Waals surface area contributed by atoms with Crippen molar-refractivity contribution < 1.29 is 4.39 Å². The molecular formula is C15H16BrFN2. The number of hydrogen-bond acceptors (Lipinski definition) is 2. The zero-order chi connectivity index (χ0) is 13.8. The van der Waals surface area contributed by atoms with Crippen LogP contribution in [0.4, 0.5) is 10.1 Å². The first-order chi connectivity index (χ1) is 9.06. The van der Waals surface area contributed by atoms with Gasteiger partial charge in [0.05, 0.1) is 0 Å². The Morgan fingerprint density at radius 1 is 1.11 bits per heavy atom. The number of benzene rings is 2. The van der Waals surface area contributed by atoms with Crippen molar-refractivity contribution in [1.82, 2.24) is 4.90 Å². The molecule has 0 heterocycles. The molecule has 19 heavy (non-hydrogen) atoms. The molecule has 2 nitrogen and oxygen atoms in total. The maximum atomic E-state index is 13.7. The van der Waals surface area contributed by atoms with Crippen molar-refractivity contribution >= 4 is 21.6 Å². The predicted octanol–water partition coefficient (Wildman–Crippen LogP) is 3.80. The fraction of sp³-hybridized carbons (Fsp3) is 0.200. The van der Waals surface area contributed by atoms with Crippen LogP contribution in [0, 0.1) is 5.82 Å². The smallest absolute Gasteiger partial charge is 0.129 e. The number of rotatable bonds is 4. The molecule has 2 aromatic rings. The Morgan fingerprint density at radius 3 is 2.42 bits per heavy atom. The summed E-state index contributed by atoms with van der Waals surface area (Å²) in [7, 11) is 1.95. The molecule has 0 aliphatic rings. The molecule has 0 saturated heterocycles. The monoisotopic (exact) mass is 322 g/mol. The topological polar surface area (TPSA) is 29.3 Å². The second kappa shape index (κ2) is 6.17. The average molecular weight is 323 g/mol. The number of nitrogens with two attached hydrogens (primary N) is 1. The highest BCUT2D eigenvalue weighted by Gasteiger charge is 2.09. The minimum Gasteiger partial charge on any atom is -0.398 e. The summed E-state index contributed by atoms with van der Waals surface area (Å²) in [5.41, 5.74) is 8.05. The van der Waals surface area contributed by atoms with Crippen molar-refractivity contribution in [2.75, 3.05) is 12.8 Å². The van der Waals surface area contributed by atoms with Gasteiger partial charge >= 0.3 is 0 Å². The lowest BCUT2D eigenvalue weighted by Gasteiger charge is -2.18. The van der Waals surface area contributed by atoms with Crippen LogP contribution in [0.15, 0.2) is 46.9 Å². The van der Waals surface area contributed by atoms with E-state index in [1.54, 1.807) is 12.1 Å². The number of nitrogens with zero attached hydrogens (tertiary/aromatic N) is 1. The third kappa shape index (κ3) is 3.78. The van der Waals surface area contributed by atoms with Gasteiger partial charge in [-0.15, -0.1) is 0 Å². The molecule has 0 unspecified atom stereocenters. The van der Waals surface area contributed by atoms with Crippen LogP contribution < -0.4 is 5.73 Å². The molecule has 4 heteroatoms. The maximum absolute atomic E-state index is 13.7. The van der Waals surface area contributed by atoms with Crippen molar-refractivity contribution in [1.29, 1.82) is 0 Å². The molecule has 2 N–H and O–H groups in total. The molecule has 0 amide bonds. The highest BCUT2D eigenvalue weighted by molar-refractivity contribution is 9.10. The Hall–Kier alpha value is -1.39. The van der Waals surface area contributed by atoms with Crippen LogP contribution in [0.25, 0.3) is 0 Å². The molecule has 0 aromatic heterocycles. The van der Waals surface area contributed by atoms with Gasteiger partial charge in [0, 0.05) is 28.8 Å². The van der Waals surface area contributed by atoms with Crippen LogP contribution >= 0.6 is 15.9 Å². The van der Waals surface area contributed by atoms with E-state index >= 15 is 0 Å². The molecule has 0 atom stereocenters. The van der Waals surface area contributed by atoms with E-state index in [0.717, 1.165) is 11.0 Å². The molecule has 2 aromatic carbocycles. The summed E-state index contributed by atoms with van der Waals surface area (Å²) in [4.78, 5) is 2.04. The average Bonchev–Trinajstić information content (AvgIpc) is 2.37. The Labute approximate surface area is 121 Å². The van der Waals surface area contributed by atoms with E-state index in [1.165, 1.54) is 11.6 Å². The first-order valence-electron chi connectivity index (χ1n) is 6.02. The Morgan fingerprint density at radius 2 is 1.79 bits per heavy atom. The fourth-order valence-electron chi connectivity index (χ4n) is 1.97. The summed E-state index contributed by atoms with van der Waals surface area (Å²) < 4.78 is 14.7. The highest BCUT2D eigenvalue weighted by Crippen LogP contribution is 2.18. The molecule has 2 rings (SSSR count). The number of halogens is 2.